The van der Waals surface area contributed by atoms with Crippen LogP contribution in [0.4, 0.5) is 16.2 Å². The zero-order chi connectivity index (χ0) is 17.8. The summed E-state index contributed by atoms with van der Waals surface area (Å²) in [6, 6.07) is 15.4. The first kappa shape index (κ1) is 17.4. The first-order valence-corrected chi connectivity index (χ1v) is 8.72. The highest BCUT2D eigenvalue weighted by molar-refractivity contribution is 9.10. The van der Waals surface area contributed by atoms with Gasteiger partial charge in [-0.15, -0.1) is 0 Å². The number of aliphatic carboxylic acids is 1. The number of hydrogen-bond acceptors (Lipinski definition) is 3. The summed E-state index contributed by atoms with van der Waals surface area (Å²) in [5.41, 5.74) is 1.36. The van der Waals surface area contributed by atoms with E-state index >= 15 is 0 Å². The number of carbonyl (C=O) groups excluding carboxylic acids is 1. The second-order valence-corrected chi connectivity index (χ2v) is 6.60. The van der Waals surface area contributed by atoms with Gasteiger partial charge < -0.3 is 15.3 Å². The molecule has 6 nitrogen and oxygen atoms in total. The molecule has 1 atom stereocenters. The Morgan fingerprint density at radius 1 is 1.12 bits per heavy atom. The van der Waals surface area contributed by atoms with Crippen LogP contribution in [0.2, 0.25) is 0 Å². The van der Waals surface area contributed by atoms with Gasteiger partial charge in [-0.2, -0.15) is 0 Å². The molecule has 2 aromatic carbocycles. The molecular weight excluding hydrogens is 386 g/mol. The van der Waals surface area contributed by atoms with Crippen LogP contribution in [0.25, 0.3) is 0 Å². The van der Waals surface area contributed by atoms with Crippen LogP contribution in [0.15, 0.2) is 59.1 Å². The highest BCUT2D eigenvalue weighted by Crippen LogP contribution is 2.29. The maximum Gasteiger partial charge on any atom is 0.329 e. The van der Waals surface area contributed by atoms with Crippen LogP contribution in [0.5, 0.6) is 0 Å². The topological polar surface area (TPSA) is 72.9 Å². The van der Waals surface area contributed by atoms with Crippen molar-refractivity contribution in [3.05, 3.63) is 59.1 Å². The van der Waals surface area contributed by atoms with E-state index in [2.05, 4.69) is 21.2 Å². The van der Waals surface area contributed by atoms with E-state index in [1.54, 1.807) is 4.90 Å². The van der Waals surface area contributed by atoms with Crippen molar-refractivity contribution in [3.8, 4) is 0 Å². The number of halogens is 1. The number of carboxylic acids is 1. The van der Waals surface area contributed by atoms with Crippen LogP contribution >= 0.6 is 15.9 Å². The monoisotopic (exact) mass is 403 g/mol. The van der Waals surface area contributed by atoms with Crippen LogP contribution in [0.1, 0.15) is 0 Å². The number of urea groups is 1. The molecule has 25 heavy (non-hydrogen) atoms. The molecule has 1 fully saturated rings. The molecular formula is C18H18BrN3O3. The molecule has 0 unspecified atom stereocenters. The van der Waals surface area contributed by atoms with Gasteiger partial charge in [0.1, 0.15) is 6.04 Å². The van der Waals surface area contributed by atoms with E-state index in [1.165, 1.54) is 4.90 Å². The zero-order valence-corrected chi connectivity index (χ0v) is 15.0. The van der Waals surface area contributed by atoms with Gasteiger partial charge in [0.25, 0.3) is 0 Å². The Morgan fingerprint density at radius 2 is 1.84 bits per heavy atom. The Labute approximate surface area is 154 Å². The van der Waals surface area contributed by atoms with Gasteiger partial charge >= 0.3 is 12.0 Å². The predicted octanol–water partition coefficient (Wildman–Crippen LogP) is 3.07. The van der Waals surface area contributed by atoms with Gasteiger partial charge in [-0.25, -0.2) is 9.59 Å². The number of para-hydroxylation sites is 1. The molecule has 7 heteroatoms. The summed E-state index contributed by atoms with van der Waals surface area (Å²) in [7, 11) is 0. The van der Waals surface area contributed by atoms with Crippen LogP contribution in [-0.4, -0.2) is 47.7 Å². The minimum atomic E-state index is -1.01. The van der Waals surface area contributed by atoms with Crippen molar-refractivity contribution < 1.29 is 14.7 Å². The highest BCUT2D eigenvalue weighted by Gasteiger charge is 2.35. The average molecular weight is 404 g/mol. The van der Waals surface area contributed by atoms with Gasteiger partial charge in [-0.3, -0.25) is 4.90 Å². The molecule has 0 saturated carbocycles. The largest absolute Gasteiger partial charge is 0.480 e. The molecule has 2 N–H and O–H groups in total. The van der Waals surface area contributed by atoms with Gasteiger partial charge in [0.15, 0.2) is 0 Å². The predicted molar refractivity (Wildman–Crippen MR) is 99.1 cm³/mol. The van der Waals surface area contributed by atoms with Gasteiger partial charge in [0.2, 0.25) is 0 Å². The molecule has 1 aliphatic rings. The highest BCUT2D eigenvalue weighted by atomic mass is 79.9. The standard InChI is InChI=1S/C18H18BrN3O3/c19-13-5-4-8-15(11-13)22(14-6-2-1-3-7-14)18(25)21-10-9-20-12-16(21)17(23)24/h1-8,11,16,20H,9-10,12H2,(H,23,24)/t16-/m0/s1. The maximum absolute atomic E-state index is 13.3. The normalized spacial score (nSPS) is 17.2. The number of carbonyl (C=O) groups is 2. The number of benzene rings is 2. The van der Waals surface area contributed by atoms with E-state index in [9.17, 15) is 14.7 Å². The molecule has 0 aliphatic carbocycles. The van der Waals surface area contributed by atoms with Crippen LogP contribution in [-0.2, 0) is 4.79 Å². The molecule has 2 amide bonds. The second-order valence-electron chi connectivity index (χ2n) is 5.68. The van der Waals surface area contributed by atoms with Crippen LogP contribution in [0.3, 0.4) is 0 Å². The summed E-state index contributed by atoms with van der Waals surface area (Å²) < 4.78 is 0.842. The Morgan fingerprint density at radius 3 is 2.52 bits per heavy atom. The van der Waals surface area contributed by atoms with E-state index in [4.69, 9.17) is 0 Å². The molecule has 1 heterocycles. The van der Waals surface area contributed by atoms with Crippen molar-refractivity contribution >= 4 is 39.3 Å². The number of carboxylic acid groups (broad SMARTS) is 1. The number of nitrogens with zero attached hydrogens (tertiary/aromatic N) is 2. The van der Waals surface area contributed by atoms with Gasteiger partial charge in [-0.1, -0.05) is 40.2 Å². The van der Waals surface area contributed by atoms with E-state index in [1.807, 2.05) is 54.6 Å². The third kappa shape index (κ3) is 3.83. The van der Waals surface area contributed by atoms with E-state index in [0.29, 0.717) is 24.5 Å². The lowest BCUT2D eigenvalue weighted by Gasteiger charge is -2.37. The molecule has 130 valence electrons. The minimum Gasteiger partial charge on any atom is -0.480 e. The molecule has 1 aliphatic heterocycles. The fraction of sp³-hybridized carbons (Fsp3) is 0.222. The van der Waals surface area contributed by atoms with Crippen molar-refractivity contribution in [2.24, 2.45) is 0 Å². The van der Waals surface area contributed by atoms with Crippen molar-refractivity contribution in [1.82, 2.24) is 10.2 Å². The molecule has 0 aromatic heterocycles. The lowest BCUT2D eigenvalue weighted by Crippen LogP contribution is -2.59. The van der Waals surface area contributed by atoms with Crippen molar-refractivity contribution in [2.75, 3.05) is 24.5 Å². The van der Waals surface area contributed by atoms with Crippen LogP contribution in [0, 0.1) is 0 Å². The Kier molecular flexibility index (Phi) is 5.35. The second kappa shape index (κ2) is 7.67. The van der Waals surface area contributed by atoms with E-state index in [0.717, 1.165) is 4.47 Å². The molecule has 2 aromatic rings. The molecule has 0 bridgehead atoms. The zero-order valence-electron chi connectivity index (χ0n) is 13.4. The summed E-state index contributed by atoms with van der Waals surface area (Å²) in [4.78, 5) is 27.8. The number of anilines is 2. The maximum atomic E-state index is 13.3. The lowest BCUT2D eigenvalue weighted by atomic mass is 10.2. The SMILES string of the molecule is O=C(O)[C@@H]1CNCCN1C(=O)N(c1ccccc1)c1cccc(Br)c1. The van der Waals surface area contributed by atoms with Crippen molar-refractivity contribution in [3.63, 3.8) is 0 Å². The fourth-order valence-electron chi connectivity index (χ4n) is 2.84. The van der Waals surface area contributed by atoms with Gasteiger partial charge in [0, 0.05) is 24.1 Å². The number of rotatable bonds is 3. The summed E-state index contributed by atoms with van der Waals surface area (Å²) in [6.45, 7) is 1.14. The first-order chi connectivity index (χ1) is 12.1. The lowest BCUT2D eigenvalue weighted by molar-refractivity contribution is -0.142. The molecule has 0 radical (unpaired) electrons. The summed E-state index contributed by atoms with van der Waals surface area (Å²) in [6.07, 6.45) is 0. The van der Waals surface area contributed by atoms with Crippen molar-refractivity contribution in [1.29, 1.82) is 0 Å². The van der Waals surface area contributed by atoms with Gasteiger partial charge in [0.05, 0.1) is 11.4 Å². The quantitative estimate of drug-likeness (QED) is 0.825. The van der Waals surface area contributed by atoms with Gasteiger partial charge in [-0.05, 0) is 30.3 Å². The average Bonchev–Trinajstić information content (AvgIpc) is 2.63. The minimum absolute atomic E-state index is 0.238. The molecule has 0 spiro atoms. The fourth-order valence-corrected chi connectivity index (χ4v) is 3.23. The Hall–Kier alpha value is -2.38. The number of piperazine rings is 1. The molecule has 1 saturated heterocycles. The summed E-state index contributed by atoms with van der Waals surface area (Å²) in [5, 5.41) is 12.5. The Balaban J connectivity index is 2.02. The summed E-state index contributed by atoms with van der Waals surface area (Å²) in [5.74, 6) is -1.01. The number of hydrogen-bond donors (Lipinski definition) is 2. The third-order valence-corrected chi connectivity index (χ3v) is 4.54. The van der Waals surface area contributed by atoms with Crippen molar-refractivity contribution in [2.45, 2.75) is 6.04 Å². The van der Waals surface area contributed by atoms with Crippen LogP contribution < -0.4 is 10.2 Å². The number of amides is 2. The first-order valence-electron chi connectivity index (χ1n) is 7.93. The smallest absolute Gasteiger partial charge is 0.329 e. The number of nitrogens with one attached hydrogen (secondary N) is 1. The van der Waals surface area contributed by atoms with E-state index < -0.39 is 12.0 Å². The molecule has 3 rings (SSSR count). The third-order valence-electron chi connectivity index (χ3n) is 4.05. The van der Waals surface area contributed by atoms with E-state index in [-0.39, 0.29) is 12.6 Å². The summed E-state index contributed by atoms with van der Waals surface area (Å²) >= 11 is 3.43. The Bertz CT molecular complexity index is 769.